The predicted molar refractivity (Wildman–Crippen MR) is 144 cm³/mol. The molecule has 192 valence electrons. The Morgan fingerprint density at radius 1 is 0.974 bits per heavy atom. The summed E-state index contributed by atoms with van der Waals surface area (Å²) in [4.78, 5) is 41.0. The standard InChI is InChI=1S/C29H29N7O2/c30-27-26-25(34-28(35(26)14-13-32-27)21-7-8-22-9-10-24(37)36(22)16-21)18-3-5-19(6-4-18)29(38)33-23-15-20(11-12-31-23)17-1-2-17/h3-6,11-15,17,21-22H,1-2,7-10,16H2,(H2,30,32)(H,31,33,38). The zero-order valence-corrected chi connectivity index (χ0v) is 21.0. The number of nitrogens with zero attached hydrogens (tertiary/aromatic N) is 5. The van der Waals surface area contributed by atoms with Gasteiger partial charge < -0.3 is 16.0 Å². The number of piperidine rings is 1. The molecular formula is C29H29N7O2. The largest absolute Gasteiger partial charge is 0.382 e. The fraction of sp³-hybridized carbons (Fsp3) is 0.345. The molecule has 7 rings (SSSR count). The molecule has 3 aliphatic rings. The van der Waals surface area contributed by atoms with E-state index in [0.29, 0.717) is 42.1 Å². The molecule has 0 bridgehead atoms. The predicted octanol–water partition coefficient (Wildman–Crippen LogP) is 4.37. The first-order valence-corrected chi connectivity index (χ1v) is 13.3. The van der Waals surface area contributed by atoms with E-state index in [1.165, 1.54) is 18.4 Å². The smallest absolute Gasteiger partial charge is 0.256 e. The number of carbonyl (C=O) groups is 2. The van der Waals surface area contributed by atoms with E-state index < -0.39 is 0 Å². The number of hydrogen-bond acceptors (Lipinski definition) is 6. The second-order valence-corrected chi connectivity index (χ2v) is 10.6. The number of imidazole rings is 1. The molecule has 4 aromatic rings. The first kappa shape index (κ1) is 22.9. The van der Waals surface area contributed by atoms with Crippen LogP contribution in [0.1, 0.15) is 72.1 Å². The summed E-state index contributed by atoms with van der Waals surface area (Å²) in [6.45, 7) is 0.680. The number of nitrogen functional groups attached to an aromatic ring is 1. The first-order chi connectivity index (χ1) is 18.5. The van der Waals surface area contributed by atoms with Crippen LogP contribution in [0.15, 0.2) is 55.0 Å². The van der Waals surface area contributed by atoms with Crippen molar-refractivity contribution in [2.45, 2.75) is 56.4 Å². The third-order valence-electron chi connectivity index (χ3n) is 8.19. The van der Waals surface area contributed by atoms with E-state index in [0.717, 1.165) is 41.9 Å². The number of carbonyl (C=O) groups excluding carboxylic acids is 2. The number of pyridine rings is 1. The van der Waals surface area contributed by atoms with Crippen molar-refractivity contribution < 1.29 is 9.59 Å². The van der Waals surface area contributed by atoms with Crippen LogP contribution in [0.5, 0.6) is 0 Å². The molecule has 2 aliphatic heterocycles. The summed E-state index contributed by atoms with van der Waals surface area (Å²) < 4.78 is 2.02. The number of nitrogens with one attached hydrogen (secondary N) is 1. The number of amides is 2. The van der Waals surface area contributed by atoms with E-state index >= 15 is 0 Å². The Morgan fingerprint density at radius 2 is 1.79 bits per heavy atom. The van der Waals surface area contributed by atoms with Crippen molar-refractivity contribution in [1.82, 2.24) is 24.3 Å². The molecule has 1 aromatic carbocycles. The van der Waals surface area contributed by atoms with Crippen LogP contribution in [0.3, 0.4) is 0 Å². The molecule has 0 spiro atoms. The minimum atomic E-state index is -0.208. The van der Waals surface area contributed by atoms with Crippen molar-refractivity contribution in [2.24, 2.45) is 0 Å². The zero-order chi connectivity index (χ0) is 25.8. The summed E-state index contributed by atoms with van der Waals surface area (Å²) in [6, 6.07) is 11.7. The van der Waals surface area contributed by atoms with Crippen LogP contribution >= 0.6 is 0 Å². The molecule has 1 saturated carbocycles. The van der Waals surface area contributed by atoms with Crippen molar-refractivity contribution >= 4 is 29.0 Å². The van der Waals surface area contributed by atoms with Gasteiger partial charge in [0.2, 0.25) is 5.91 Å². The SMILES string of the molecule is Nc1nccn2c(C3CCC4CCC(=O)N4C3)nc(-c3ccc(C(=O)Nc4cc(C5CC5)ccn4)cc3)c12. The number of rotatable bonds is 5. The minimum Gasteiger partial charge on any atom is -0.382 e. The molecule has 2 unspecified atom stereocenters. The maximum absolute atomic E-state index is 12.9. The highest BCUT2D eigenvalue weighted by Crippen LogP contribution is 2.40. The first-order valence-electron chi connectivity index (χ1n) is 13.3. The van der Waals surface area contributed by atoms with Gasteiger partial charge in [-0.1, -0.05) is 12.1 Å². The molecule has 1 aliphatic carbocycles. The highest BCUT2D eigenvalue weighted by Gasteiger charge is 2.38. The summed E-state index contributed by atoms with van der Waals surface area (Å²) in [5, 5.41) is 2.92. The molecule has 3 fully saturated rings. The molecule has 2 saturated heterocycles. The molecule has 0 radical (unpaired) electrons. The maximum atomic E-state index is 12.9. The van der Waals surface area contributed by atoms with Gasteiger partial charge in [-0.3, -0.25) is 14.0 Å². The number of anilines is 2. The van der Waals surface area contributed by atoms with Crippen molar-refractivity contribution in [1.29, 1.82) is 0 Å². The third kappa shape index (κ3) is 3.98. The summed E-state index contributed by atoms with van der Waals surface area (Å²) >= 11 is 0. The molecule has 5 heterocycles. The van der Waals surface area contributed by atoms with Gasteiger partial charge in [-0.25, -0.2) is 15.0 Å². The molecule has 3 N–H and O–H groups in total. The van der Waals surface area contributed by atoms with Gasteiger partial charge in [0.15, 0.2) is 0 Å². The molecule has 9 heteroatoms. The van der Waals surface area contributed by atoms with Crippen LogP contribution in [0, 0.1) is 0 Å². The Bertz CT molecular complexity index is 1560. The van der Waals surface area contributed by atoms with E-state index in [1.54, 1.807) is 24.5 Å². The summed E-state index contributed by atoms with van der Waals surface area (Å²) in [6.07, 6.45) is 11.3. The Hall–Kier alpha value is -4.27. The van der Waals surface area contributed by atoms with Crippen molar-refractivity contribution in [2.75, 3.05) is 17.6 Å². The van der Waals surface area contributed by atoms with Gasteiger partial charge in [-0.2, -0.15) is 0 Å². The van der Waals surface area contributed by atoms with E-state index in [2.05, 4.69) is 15.3 Å². The summed E-state index contributed by atoms with van der Waals surface area (Å²) in [5.41, 5.74) is 10.4. The summed E-state index contributed by atoms with van der Waals surface area (Å²) in [5.74, 6) is 2.61. The number of fused-ring (bicyclic) bond motifs is 2. The lowest BCUT2D eigenvalue weighted by atomic mass is 9.92. The normalized spacial score (nSPS) is 21.1. The van der Waals surface area contributed by atoms with E-state index in [4.69, 9.17) is 10.7 Å². The molecule has 2 amide bonds. The number of benzene rings is 1. The van der Waals surface area contributed by atoms with Gasteiger partial charge in [0, 0.05) is 54.6 Å². The van der Waals surface area contributed by atoms with Crippen LogP contribution in [-0.2, 0) is 4.79 Å². The molecular weight excluding hydrogens is 478 g/mol. The molecule has 38 heavy (non-hydrogen) atoms. The van der Waals surface area contributed by atoms with Gasteiger partial charge in [0.25, 0.3) is 5.91 Å². The second-order valence-electron chi connectivity index (χ2n) is 10.6. The Kier molecular flexibility index (Phi) is 5.38. The Balaban J connectivity index is 1.17. The van der Waals surface area contributed by atoms with Gasteiger partial charge in [0.05, 0.1) is 0 Å². The van der Waals surface area contributed by atoms with Crippen molar-refractivity contribution in [3.8, 4) is 11.3 Å². The lowest BCUT2D eigenvalue weighted by Crippen LogP contribution is -2.41. The lowest BCUT2D eigenvalue weighted by Gasteiger charge is -2.34. The highest BCUT2D eigenvalue weighted by molar-refractivity contribution is 6.04. The van der Waals surface area contributed by atoms with E-state index in [9.17, 15) is 9.59 Å². The van der Waals surface area contributed by atoms with Crippen LogP contribution in [0.4, 0.5) is 11.6 Å². The van der Waals surface area contributed by atoms with Crippen LogP contribution < -0.4 is 11.1 Å². The average molecular weight is 508 g/mol. The topological polar surface area (TPSA) is 119 Å². The molecule has 9 nitrogen and oxygen atoms in total. The van der Waals surface area contributed by atoms with Gasteiger partial charge in [-0.15, -0.1) is 0 Å². The fourth-order valence-electron chi connectivity index (χ4n) is 6.01. The number of hydrogen-bond donors (Lipinski definition) is 2. The van der Waals surface area contributed by atoms with Gasteiger partial charge in [-0.05, 0) is 67.9 Å². The maximum Gasteiger partial charge on any atom is 0.256 e. The second kappa shape index (κ2) is 8.93. The Labute approximate surface area is 220 Å². The summed E-state index contributed by atoms with van der Waals surface area (Å²) in [7, 11) is 0. The van der Waals surface area contributed by atoms with Gasteiger partial charge in [0.1, 0.15) is 28.7 Å². The zero-order valence-electron chi connectivity index (χ0n) is 21.0. The third-order valence-corrected chi connectivity index (χ3v) is 8.19. The lowest BCUT2D eigenvalue weighted by molar-refractivity contribution is -0.130. The quantitative estimate of drug-likeness (QED) is 0.414. The van der Waals surface area contributed by atoms with Crippen LogP contribution in [-0.4, -0.2) is 48.7 Å². The van der Waals surface area contributed by atoms with Crippen molar-refractivity contribution in [3.05, 3.63) is 71.9 Å². The minimum absolute atomic E-state index is 0.125. The van der Waals surface area contributed by atoms with Crippen LogP contribution in [0.2, 0.25) is 0 Å². The van der Waals surface area contributed by atoms with Crippen LogP contribution in [0.25, 0.3) is 16.8 Å². The Morgan fingerprint density at radius 3 is 2.61 bits per heavy atom. The average Bonchev–Trinajstić information content (AvgIpc) is 3.63. The van der Waals surface area contributed by atoms with Gasteiger partial charge >= 0.3 is 0 Å². The number of nitrogens with two attached hydrogens (primary N) is 1. The molecule has 2 atom stereocenters. The molecule has 3 aromatic heterocycles. The monoisotopic (exact) mass is 507 g/mol. The fourth-order valence-corrected chi connectivity index (χ4v) is 6.01. The number of aromatic nitrogens is 4. The highest BCUT2D eigenvalue weighted by atomic mass is 16.2. The van der Waals surface area contributed by atoms with Crippen molar-refractivity contribution in [3.63, 3.8) is 0 Å². The van der Waals surface area contributed by atoms with E-state index in [-0.39, 0.29) is 17.7 Å². The van der Waals surface area contributed by atoms with E-state index in [1.807, 2.05) is 39.8 Å².